The van der Waals surface area contributed by atoms with Crippen molar-refractivity contribution in [2.45, 2.75) is 13.3 Å². The molecule has 0 fully saturated rings. The molecule has 4 aromatic rings. The number of aliphatic carboxylic acids is 1. The number of carbonyl (C=O) groups is 2. The number of anilines is 1. The van der Waals surface area contributed by atoms with Crippen LogP contribution in [0.5, 0.6) is 0 Å². The molecule has 0 aliphatic rings. The SMILES string of the molecule is Cc1ccc(-c2c(CC(=O)O)c(C(=O)Nc3ccc(F)cc3)nn2-c2ccc(Cl)cc2Cl)cc1. The lowest BCUT2D eigenvalue weighted by atomic mass is 10.0. The molecule has 0 aliphatic heterocycles. The third-order valence-electron chi connectivity index (χ3n) is 5.09. The summed E-state index contributed by atoms with van der Waals surface area (Å²) in [4.78, 5) is 25.0. The van der Waals surface area contributed by atoms with Gasteiger partial charge in [0, 0.05) is 21.8 Å². The van der Waals surface area contributed by atoms with Crippen molar-refractivity contribution in [1.29, 1.82) is 0 Å². The van der Waals surface area contributed by atoms with E-state index in [1.807, 2.05) is 31.2 Å². The highest BCUT2D eigenvalue weighted by molar-refractivity contribution is 6.35. The van der Waals surface area contributed by atoms with Gasteiger partial charge in [-0.05, 0) is 49.4 Å². The number of halogens is 3. The van der Waals surface area contributed by atoms with E-state index in [4.69, 9.17) is 23.2 Å². The summed E-state index contributed by atoms with van der Waals surface area (Å²) in [7, 11) is 0. The minimum Gasteiger partial charge on any atom is -0.481 e. The summed E-state index contributed by atoms with van der Waals surface area (Å²) < 4.78 is 14.7. The molecule has 0 saturated heterocycles. The van der Waals surface area contributed by atoms with Gasteiger partial charge in [-0.2, -0.15) is 5.10 Å². The Kier molecular flexibility index (Phi) is 6.68. The number of rotatable bonds is 6. The quantitative estimate of drug-likeness (QED) is 0.333. The van der Waals surface area contributed by atoms with Gasteiger partial charge in [-0.1, -0.05) is 53.0 Å². The van der Waals surface area contributed by atoms with Crippen LogP contribution in [-0.4, -0.2) is 26.8 Å². The summed E-state index contributed by atoms with van der Waals surface area (Å²) in [6, 6.07) is 17.4. The fraction of sp³-hybridized carbons (Fsp3) is 0.0800. The second-order valence-corrected chi connectivity index (χ2v) is 8.42. The summed E-state index contributed by atoms with van der Waals surface area (Å²) in [5.41, 5.74) is 2.96. The van der Waals surface area contributed by atoms with Crippen molar-refractivity contribution >= 4 is 40.8 Å². The van der Waals surface area contributed by atoms with Gasteiger partial charge in [0.1, 0.15) is 5.82 Å². The maximum atomic E-state index is 13.3. The summed E-state index contributed by atoms with van der Waals surface area (Å²) in [6.45, 7) is 1.93. The molecule has 9 heteroatoms. The minimum atomic E-state index is -1.13. The zero-order chi connectivity index (χ0) is 24.4. The van der Waals surface area contributed by atoms with E-state index >= 15 is 0 Å². The topological polar surface area (TPSA) is 84.2 Å². The Labute approximate surface area is 204 Å². The van der Waals surface area contributed by atoms with Crippen LogP contribution in [0.4, 0.5) is 10.1 Å². The molecule has 0 atom stereocenters. The van der Waals surface area contributed by atoms with Gasteiger partial charge in [0.2, 0.25) is 0 Å². The van der Waals surface area contributed by atoms with Crippen LogP contribution in [0, 0.1) is 12.7 Å². The van der Waals surface area contributed by atoms with Crippen LogP contribution in [0.1, 0.15) is 21.6 Å². The number of hydrogen-bond donors (Lipinski definition) is 2. The van der Waals surface area contributed by atoms with E-state index in [9.17, 15) is 19.1 Å². The number of aromatic nitrogens is 2. The van der Waals surface area contributed by atoms with E-state index < -0.39 is 24.1 Å². The molecular formula is C25H18Cl2FN3O3. The van der Waals surface area contributed by atoms with Gasteiger partial charge >= 0.3 is 5.97 Å². The van der Waals surface area contributed by atoms with Crippen molar-refractivity contribution in [2.75, 3.05) is 5.32 Å². The van der Waals surface area contributed by atoms with Crippen LogP contribution in [0.15, 0.2) is 66.7 Å². The van der Waals surface area contributed by atoms with E-state index in [2.05, 4.69) is 10.4 Å². The smallest absolute Gasteiger partial charge is 0.307 e. The average Bonchev–Trinajstić information content (AvgIpc) is 3.14. The second kappa shape index (κ2) is 9.67. The number of amides is 1. The Hall–Kier alpha value is -3.68. The molecule has 172 valence electrons. The Morgan fingerprint density at radius 1 is 1.03 bits per heavy atom. The number of benzene rings is 3. The zero-order valence-corrected chi connectivity index (χ0v) is 19.4. The molecule has 1 amide bonds. The molecule has 34 heavy (non-hydrogen) atoms. The number of hydrogen-bond acceptors (Lipinski definition) is 3. The molecule has 0 radical (unpaired) electrons. The lowest BCUT2D eigenvalue weighted by Gasteiger charge is -2.11. The van der Waals surface area contributed by atoms with Crippen LogP contribution in [0.25, 0.3) is 16.9 Å². The van der Waals surface area contributed by atoms with Crippen molar-refractivity contribution in [1.82, 2.24) is 9.78 Å². The number of nitrogens with one attached hydrogen (secondary N) is 1. The standard InChI is InChI=1S/C25H18Cl2FN3O3/c1-14-2-4-15(5-3-14)24-19(13-22(32)33)23(25(34)29-18-9-7-17(28)8-10-18)30-31(24)21-11-6-16(26)12-20(21)27/h2-12H,13H2,1H3,(H,29,34)(H,32,33). The number of carboxylic acid groups (broad SMARTS) is 1. The summed E-state index contributed by atoms with van der Waals surface area (Å²) in [5.74, 6) is -2.22. The first-order valence-electron chi connectivity index (χ1n) is 10.2. The number of nitrogens with zero attached hydrogens (tertiary/aromatic N) is 2. The van der Waals surface area contributed by atoms with Crippen LogP contribution in [-0.2, 0) is 11.2 Å². The Bertz CT molecular complexity index is 1380. The predicted octanol–water partition coefficient (Wildman–Crippen LogP) is 6.17. The molecule has 1 heterocycles. The maximum Gasteiger partial charge on any atom is 0.307 e. The van der Waals surface area contributed by atoms with Crippen molar-refractivity contribution in [3.63, 3.8) is 0 Å². The fourth-order valence-corrected chi connectivity index (χ4v) is 4.00. The fourth-order valence-electron chi connectivity index (χ4n) is 3.51. The third-order valence-corrected chi connectivity index (χ3v) is 5.63. The Morgan fingerprint density at radius 2 is 1.71 bits per heavy atom. The second-order valence-electron chi connectivity index (χ2n) is 7.58. The van der Waals surface area contributed by atoms with E-state index in [0.717, 1.165) is 5.56 Å². The molecule has 3 aromatic carbocycles. The molecule has 1 aromatic heterocycles. The van der Waals surface area contributed by atoms with Crippen molar-refractivity contribution < 1.29 is 19.1 Å². The first-order chi connectivity index (χ1) is 16.2. The molecule has 2 N–H and O–H groups in total. The molecule has 0 bridgehead atoms. The van der Waals surface area contributed by atoms with E-state index in [1.165, 1.54) is 35.0 Å². The zero-order valence-electron chi connectivity index (χ0n) is 17.8. The van der Waals surface area contributed by atoms with Crippen LogP contribution in [0.3, 0.4) is 0 Å². The summed E-state index contributed by atoms with van der Waals surface area (Å²) >= 11 is 12.5. The summed E-state index contributed by atoms with van der Waals surface area (Å²) in [5, 5.41) is 17.4. The van der Waals surface area contributed by atoms with Gasteiger partial charge in [-0.3, -0.25) is 9.59 Å². The van der Waals surface area contributed by atoms with E-state index in [-0.39, 0.29) is 16.3 Å². The molecule has 4 rings (SSSR count). The Morgan fingerprint density at radius 3 is 2.32 bits per heavy atom. The normalized spacial score (nSPS) is 10.8. The minimum absolute atomic E-state index is 0.0895. The monoisotopic (exact) mass is 497 g/mol. The van der Waals surface area contributed by atoms with Crippen molar-refractivity contribution in [3.05, 3.63) is 99.4 Å². The highest BCUT2D eigenvalue weighted by atomic mass is 35.5. The molecular weight excluding hydrogens is 480 g/mol. The number of aryl methyl sites for hydroxylation is 1. The highest BCUT2D eigenvalue weighted by Gasteiger charge is 2.27. The third kappa shape index (κ3) is 4.95. The average molecular weight is 498 g/mol. The molecule has 0 aliphatic carbocycles. The predicted molar refractivity (Wildman–Crippen MR) is 129 cm³/mol. The maximum absolute atomic E-state index is 13.3. The molecule has 0 unspecified atom stereocenters. The summed E-state index contributed by atoms with van der Waals surface area (Å²) in [6.07, 6.45) is -0.458. The van der Waals surface area contributed by atoms with Crippen molar-refractivity contribution in [3.8, 4) is 16.9 Å². The van der Waals surface area contributed by atoms with Gasteiger partial charge in [0.25, 0.3) is 5.91 Å². The first kappa shape index (κ1) is 23.5. The largest absolute Gasteiger partial charge is 0.481 e. The van der Waals surface area contributed by atoms with Crippen LogP contribution in [0.2, 0.25) is 10.0 Å². The van der Waals surface area contributed by atoms with Gasteiger partial charge < -0.3 is 10.4 Å². The van der Waals surface area contributed by atoms with Gasteiger partial charge in [-0.25, -0.2) is 9.07 Å². The van der Waals surface area contributed by atoms with Gasteiger partial charge in [-0.15, -0.1) is 0 Å². The van der Waals surface area contributed by atoms with Crippen LogP contribution >= 0.6 is 23.2 Å². The van der Waals surface area contributed by atoms with Crippen molar-refractivity contribution in [2.24, 2.45) is 0 Å². The van der Waals surface area contributed by atoms with E-state index in [1.54, 1.807) is 12.1 Å². The lowest BCUT2D eigenvalue weighted by Crippen LogP contribution is -2.16. The van der Waals surface area contributed by atoms with Gasteiger partial charge in [0.15, 0.2) is 5.69 Å². The molecule has 0 spiro atoms. The number of carbonyl (C=O) groups excluding carboxylic acids is 1. The van der Waals surface area contributed by atoms with Crippen LogP contribution < -0.4 is 5.32 Å². The lowest BCUT2D eigenvalue weighted by molar-refractivity contribution is -0.136. The number of carboxylic acids is 1. The molecule has 6 nitrogen and oxygen atoms in total. The molecule has 0 saturated carbocycles. The Balaban J connectivity index is 1.93. The van der Waals surface area contributed by atoms with E-state index in [0.29, 0.717) is 27.7 Å². The van der Waals surface area contributed by atoms with Gasteiger partial charge in [0.05, 0.1) is 22.8 Å². The highest BCUT2D eigenvalue weighted by Crippen LogP contribution is 2.34. The first-order valence-corrected chi connectivity index (χ1v) is 10.9.